The van der Waals surface area contributed by atoms with Gasteiger partial charge in [0.05, 0.1) is 25.5 Å². The zero-order valence-corrected chi connectivity index (χ0v) is 17.8. The summed E-state index contributed by atoms with van der Waals surface area (Å²) in [6, 6.07) is 15.6. The van der Waals surface area contributed by atoms with Gasteiger partial charge in [-0.2, -0.15) is 5.10 Å². The van der Waals surface area contributed by atoms with E-state index in [0.29, 0.717) is 12.3 Å². The molecule has 156 valence electrons. The summed E-state index contributed by atoms with van der Waals surface area (Å²) in [5.41, 5.74) is 4.25. The second kappa shape index (κ2) is 8.22. The average molecular weight is 405 g/mol. The number of nitrogens with zero attached hydrogens (tertiary/aromatic N) is 2. The van der Waals surface area contributed by atoms with Crippen molar-refractivity contribution in [1.29, 1.82) is 0 Å². The van der Waals surface area contributed by atoms with Crippen molar-refractivity contribution in [3.05, 3.63) is 65.4 Å². The zero-order valence-electron chi connectivity index (χ0n) is 17.8. The first-order valence-corrected chi connectivity index (χ1v) is 10.3. The van der Waals surface area contributed by atoms with Crippen molar-refractivity contribution in [2.45, 2.75) is 39.3 Å². The van der Waals surface area contributed by atoms with E-state index < -0.39 is 0 Å². The van der Waals surface area contributed by atoms with E-state index in [1.54, 1.807) is 7.11 Å². The maximum Gasteiger partial charge on any atom is 0.273 e. The van der Waals surface area contributed by atoms with Crippen molar-refractivity contribution >= 4 is 5.91 Å². The van der Waals surface area contributed by atoms with Crippen LogP contribution in [0.25, 0.3) is 11.3 Å². The molecule has 1 aliphatic rings. The van der Waals surface area contributed by atoms with Crippen LogP contribution in [0, 0.1) is 0 Å². The van der Waals surface area contributed by atoms with Crippen molar-refractivity contribution < 1.29 is 14.3 Å². The minimum Gasteiger partial charge on any atom is -0.497 e. The van der Waals surface area contributed by atoms with Crippen LogP contribution in [0.5, 0.6) is 11.5 Å². The Hall–Kier alpha value is -3.28. The lowest BCUT2D eigenvalue weighted by atomic mass is 9.95. The van der Waals surface area contributed by atoms with Crippen molar-refractivity contribution in [2.75, 3.05) is 13.7 Å². The number of amides is 1. The van der Waals surface area contributed by atoms with Crippen molar-refractivity contribution in [2.24, 2.45) is 0 Å². The van der Waals surface area contributed by atoms with Gasteiger partial charge in [-0.15, -0.1) is 0 Å². The van der Waals surface area contributed by atoms with Crippen LogP contribution in [-0.4, -0.2) is 40.8 Å². The number of fused-ring (bicyclic) bond motifs is 1. The molecule has 0 radical (unpaired) electrons. The minimum atomic E-state index is -0.205. The van der Waals surface area contributed by atoms with Crippen LogP contribution >= 0.6 is 0 Å². The first-order valence-electron chi connectivity index (χ1n) is 10.3. The van der Waals surface area contributed by atoms with E-state index >= 15 is 0 Å². The molecule has 1 aromatic heterocycles. The summed E-state index contributed by atoms with van der Waals surface area (Å²) in [7, 11) is 1.64. The Kier molecular flexibility index (Phi) is 5.48. The fourth-order valence-electron chi connectivity index (χ4n) is 3.96. The van der Waals surface area contributed by atoms with E-state index in [1.165, 1.54) is 0 Å². The number of aromatic amines is 1. The summed E-state index contributed by atoms with van der Waals surface area (Å²) in [6.07, 6.45) is 0.962. The monoisotopic (exact) mass is 405 g/mol. The first-order chi connectivity index (χ1) is 14.5. The number of hydrogen-bond acceptors (Lipinski definition) is 4. The van der Waals surface area contributed by atoms with E-state index in [2.05, 4.69) is 17.1 Å². The highest BCUT2D eigenvalue weighted by atomic mass is 16.5. The molecule has 0 fully saturated rings. The highest BCUT2D eigenvalue weighted by Crippen LogP contribution is 2.44. The summed E-state index contributed by atoms with van der Waals surface area (Å²) in [6.45, 7) is 6.85. The fourth-order valence-corrected chi connectivity index (χ4v) is 3.96. The molecule has 0 aliphatic carbocycles. The van der Waals surface area contributed by atoms with E-state index in [4.69, 9.17) is 9.47 Å². The maximum atomic E-state index is 13.2. The fraction of sp³-hybridized carbons (Fsp3) is 0.333. The molecule has 30 heavy (non-hydrogen) atoms. The molecule has 0 saturated carbocycles. The van der Waals surface area contributed by atoms with Gasteiger partial charge >= 0.3 is 0 Å². The SMILES string of the molecule is CCCOc1ccc(C2c3c(-c4ccc(OC)cc4)n[nH]c3C(=O)N2C(C)C)cc1. The van der Waals surface area contributed by atoms with Gasteiger partial charge in [0.25, 0.3) is 5.91 Å². The summed E-state index contributed by atoms with van der Waals surface area (Å²) >= 11 is 0. The number of aromatic nitrogens is 2. The Morgan fingerprint density at radius 2 is 1.73 bits per heavy atom. The zero-order chi connectivity index (χ0) is 21.3. The summed E-state index contributed by atoms with van der Waals surface area (Å²) in [5.74, 6) is 1.59. The molecule has 1 amide bonds. The molecule has 1 unspecified atom stereocenters. The van der Waals surface area contributed by atoms with Gasteiger partial charge in [0.2, 0.25) is 0 Å². The van der Waals surface area contributed by atoms with Gasteiger partial charge in [-0.1, -0.05) is 19.1 Å². The Morgan fingerprint density at radius 1 is 1.07 bits per heavy atom. The Balaban J connectivity index is 1.78. The lowest BCUT2D eigenvalue weighted by Gasteiger charge is -2.30. The molecule has 1 atom stereocenters. The molecule has 0 spiro atoms. The largest absolute Gasteiger partial charge is 0.497 e. The number of H-pyrrole nitrogens is 1. The van der Waals surface area contributed by atoms with Crippen LogP contribution in [0.15, 0.2) is 48.5 Å². The summed E-state index contributed by atoms with van der Waals surface area (Å²) in [5, 5.41) is 7.49. The Bertz CT molecular complexity index is 1020. The van der Waals surface area contributed by atoms with E-state index in [-0.39, 0.29) is 18.0 Å². The topological polar surface area (TPSA) is 67.5 Å². The normalized spacial score (nSPS) is 15.6. The van der Waals surface area contributed by atoms with Gasteiger partial charge in [0.1, 0.15) is 17.2 Å². The second-order valence-electron chi connectivity index (χ2n) is 7.72. The molecule has 1 N–H and O–H groups in total. The molecule has 6 heteroatoms. The molecule has 0 bridgehead atoms. The van der Waals surface area contributed by atoms with Crippen LogP contribution in [0.2, 0.25) is 0 Å². The predicted octanol–water partition coefficient (Wildman–Crippen LogP) is 4.83. The molecule has 1 aliphatic heterocycles. The first kappa shape index (κ1) is 20.0. The van der Waals surface area contributed by atoms with Crippen LogP contribution in [-0.2, 0) is 0 Å². The van der Waals surface area contributed by atoms with E-state index in [9.17, 15) is 4.79 Å². The predicted molar refractivity (Wildman–Crippen MR) is 116 cm³/mol. The van der Waals surface area contributed by atoms with Gasteiger partial charge in [-0.3, -0.25) is 9.89 Å². The van der Waals surface area contributed by atoms with E-state index in [0.717, 1.165) is 40.3 Å². The van der Waals surface area contributed by atoms with Crippen LogP contribution < -0.4 is 9.47 Å². The molecule has 2 heterocycles. The number of benzene rings is 2. The maximum absolute atomic E-state index is 13.2. The van der Waals surface area contributed by atoms with Crippen molar-refractivity contribution in [1.82, 2.24) is 15.1 Å². The van der Waals surface area contributed by atoms with Crippen LogP contribution in [0.1, 0.15) is 54.8 Å². The third-order valence-electron chi connectivity index (χ3n) is 5.39. The molecule has 3 aromatic rings. The number of carbonyl (C=O) groups excluding carboxylic acids is 1. The summed E-state index contributed by atoms with van der Waals surface area (Å²) < 4.78 is 11.0. The van der Waals surface area contributed by atoms with Gasteiger partial charge in [-0.25, -0.2) is 0 Å². The number of rotatable bonds is 7. The number of ether oxygens (including phenoxy) is 2. The van der Waals surface area contributed by atoms with Crippen LogP contribution in [0.3, 0.4) is 0 Å². The number of hydrogen-bond donors (Lipinski definition) is 1. The highest BCUT2D eigenvalue weighted by molar-refractivity contribution is 6.00. The summed E-state index contributed by atoms with van der Waals surface area (Å²) in [4.78, 5) is 15.1. The third kappa shape index (κ3) is 3.43. The Morgan fingerprint density at radius 3 is 2.33 bits per heavy atom. The van der Waals surface area contributed by atoms with E-state index in [1.807, 2.05) is 67.3 Å². The third-order valence-corrected chi connectivity index (χ3v) is 5.39. The van der Waals surface area contributed by atoms with Gasteiger partial charge in [-0.05, 0) is 62.2 Å². The van der Waals surface area contributed by atoms with Gasteiger partial charge in [0.15, 0.2) is 0 Å². The molecule has 6 nitrogen and oxygen atoms in total. The van der Waals surface area contributed by atoms with Crippen molar-refractivity contribution in [3.8, 4) is 22.8 Å². The molecule has 2 aromatic carbocycles. The smallest absolute Gasteiger partial charge is 0.273 e. The quantitative estimate of drug-likeness (QED) is 0.611. The lowest BCUT2D eigenvalue weighted by Crippen LogP contribution is -2.35. The molecule has 4 rings (SSSR count). The standard InChI is InChI=1S/C24H27N3O3/c1-5-14-30-19-12-8-17(9-13-19)23-20-21(16-6-10-18(29-4)11-7-16)25-26-22(20)24(28)27(23)15(2)3/h6-13,15,23H,5,14H2,1-4H3,(H,25,26). The Labute approximate surface area is 176 Å². The van der Waals surface area contributed by atoms with Crippen LogP contribution in [0.4, 0.5) is 0 Å². The van der Waals surface area contributed by atoms with Crippen molar-refractivity contribution in [3.63, 3.8) is 0 Å². The average Bonchev–Trinajstić information content (AvgIpc) is 3.32. The molecule has 0 saturated heterocycles. The lowest BCUT2D eigenvalue weighted by molar-refractivity contribution is 0.0688. The molecular weight excluding hydrogens is 378 g/mol. The number of nitrogens with one attached hydrogen (secondary N) is 1. The van der Waals surface area contributed by atoms with Gasteiger partial charge in [0, 0.05) is 17.2 Å². The highest BCUT2D eigenvalue weighted by Gasteiger charge is 2.43. The minimum absolute atomic E-state index is 0.0245. The number of carbonyl (C=O) groups is 1. The second-order valence-corrected chi connectivity index (χ2v) is 7.72. The molecular formula is C24H27N3O3. The number of methoxy groups -OCH3 is 1. The van der Waals surface area contributed by atoms with Gasteiger partial charge < -0.3 is 14.4 Å².